The topological polar surface area (TPSA) is 95.9 Å². The van der Waals surface area contributed by atoms with Crippen molar-refractivity contribution in [2.75, 3.05) is 13.2 Å². The van der Waals surface area contributed by atoms with Crippen molar-refractivity contribution in [2.45, 2.75) is 475 Å². The number of carbonyl (C=O) groups is 2. The van der Waals surface area contributed by atoms with Crippen LogP contribution in [0, 0.1) is 0 Å². The first-order chi connectivity index (χ1) is 44.5. The molecule has 90 heavy (non-hydrogen) atoms. The molecule has 0 aliphatic carbocycles. The fraction of sp³-hybridized carbons (Fsp3) is 0.905. The van der Waals surface area contributed by atoms with Crippen LogP contribution in [0.5, 0.6) is 0 Å². The van der Waals surface area contributed by atoms with Gasteiger partial charge in [0.1, 0.15) is 0 Å². The predicted octanol–water partition coefficient (Wildman–Crippen LogP) is 27.4. The fourth-order valence-corrected chi connectivity index (χ4v) is 13.1. The Morgan fingerprint density at radius 2 is 0.556 bits per heavy atom. The normalized spacial score (nSPS) is 12.6. The number of carbonyl (C=O) groups excluding carboxylic acids is 2. The van der Waals surface area contributed by atoms with Gasteiger partial charge in [0.2, 0.25) is 5.91 Å². The number of ether oxygens (including phenoxy) is 1. The molecule has 3 N–H and O–H groups in total. The van der Waals surface area contributed by atoms with Gasteiger partial charge in [-0.25, -0.2) is 0 Å². The highest BCUT2D eigenvalue weighted by Crippen LogP contribution is 2.20. The first kappa shape index (κ1) is 88.1. The summed E-state index contributed by atoms with van der Waals surface area (Å²) in [5.41, 5.74) is 0. The van der Waals surface area contributed by atoms with E-state index in [9.17, 15) is 19.8 Å². The van der Waals surface area contributed by atoms with Crippen LogP contribution in [0.3, 0.4) is 0 Å². The quantitative estimate of drug-likeness (QED) is 0.0320. The van der Waals surface area contributed by atoms with Gasteiger partial charge in [0, 0.05) is 12.8 Å². The minimum absolute atomic E-state index is 0.00769. The molecule has 0 heterocycles. The van der Waals surface area contributed by atoms with Gasteiger partial charge in [-0.3, -0.25) is 9.59 Å². The summed E-state index contributed by atoms with van der Waals surface area (Å²) in [5.74, 6) is -0.0198. The number of nitrogens with one attached hydrogen (secondary N) is 1. The highest BCUT2D eigenvalue weighted by Gasteiger charge is 2.20. The Balaban J connectivity index is 3.38. The first-order valence-corrected chi connectivity index (χ1v) is 41.2. The number of aliphatic hydroxyl groups is 2. The lowest BCUT2D eigenvalue weighted by atomic mass is 10.0. The molecule has 0 saturated heterocycles. The zero-order valence-electron chi connectivity index (χ0n) is 61.1. The van der Waals surface area contributed by atoms with Crippen molar-refractivity contribution in [1.29, 1.82) is 0 Å². The summed E-state index contributed by atoms with van der Waals surface area (Å²) in [4.78, 5) is 24.7. The number of aliphatic hydroxyl groups excluding tert-OH is 2. The van der Waals surface area contributed by atoms with E-state index < -0.39 is 12.1 Å². The average molecular weight is 1270 g/mol. The highest BCUT2D eigenvalue weighted by molar-refractivity contribution is 5.76. The number of hydrogen-bond donors (Lipinski definition) is 3. The predicted molar refractivity (Wildman–Crippen MR) is 398 cm³/mol. The smallest absolute Gasteiger partial charge is 0.305 e. The van der Waals surface area contributed by atoms with Gasteiger partial charge in [-0.2, -0.15) is 0 Å². The SMILES string of the molecule is CCCCCCCCC/C=C\CCCCCCCC(=O)OCCCCCCCCCCC/C=C\C/C=C\CCCCCCCCCCCCCCCCCCCC(=O)NC(CO)C(O)CCCCCCCCCCCCCCCCCCCCCCCCCC. The number of esters is 1. The van der Waals surface area contributed by atoms with E-state index in [0.29, 0.717) is 25.9 Å². The van der Waals surface area contributed by atoms with Crippen molar-refractivity contribution < 1.29 is 24.5 Å². The van der Waals surface area contributed by atoms with Gasteiger partial charge < -0.3 is 20.3 Å². The van der Waals surface area contributed by atoms with Crippen molar-refractivity contribution in [1.82, 2.24) is 5.32 Å². The molecule has 1 amide bonds. The summed E-state index contributed by atoms with van der Waals surface area (Å²) in [6.45, 7) is 4.99. The van der Waals surface area contributed by atoms with Crippen LogP contribution in [0.4, 0.5) is 0 Å². The molecule has 0 aliphatic rings. The van der Waals surface area contributed by atoms with Crippen molar-refractivity contribution in [3.63, 3.8) is 0 Å². The minimum atomic E-state index is -0.665. The third kappa shape index (κ3) is 75.1. The molecule has 0 aromatic rings. The van der Waals surface area contributed by atoms with Crippen LogP contribution >= 0.6 is 0 Å². The number of rotatable bonds is 78. The number of hydrogen-bond acceptors (Lipinski definition) is 5. The van der Waals surface area contributed by atoms with Gasteiger partial charge in [0.25, 0.3) is 0 Å². The maximum Gasteiger partial charge on any atom is 0.305 e. The zero-order valence-corrected chi connectivity index (χ0v) is 61.1. The second-order valence-electron chi connectivity index (χ2n) is 28.5. The lowest BCUT2D eigenvalue weighted by molar-refractivity contribution is -0.143. The van der Waals surface area contributed by atoms with Gasteiger partial charge >= 0.3 is 5.97 Å². The average Bonchev–Trinajstić information content (AvgIpc) is 3.68. The third-order valence-electron chi connectivity index (χ3n) is 19.4. The fourth-order valence-electron chi connectivity index (χ4n) is 13.1. The Morgan fingerprint density at radius 3 is 0.856 bits per heavy atom. The molecule has 0 aromatic heterocycles. The number of unbranched alkanes of at least 4 members (excludes halogenated alkanes) is 61. The molecule has 0 radical (unpaired) electrons. The molecular weight excluding hydrogens is 1100 g/mol. The molecule has 6 heteroatoms. The van der Waals surface area contributed by atoms with Gasteiger partial charge in [0.15, 0.2) is 0 Å². The van der Waals surface area contributed by atoms with E-state index >= 15 is 0 Å². The number of amides is 1. The summed E-state index contributed by atoms with van der Waals surface area (Å²) < 4.78 is 5.50. The van der Waals surface area contributed by atoms with E-state index in [1.807, 2.05) is 0 Å². The Labute approximate surface area is 564 Å². The number of allylic oxidation sites excluding steroid dienone is 6. The van der Waals surface area contributed by atoms with Crippen molar-refractivity contribution in [3.05, 3.63) is 36.5 Å². The highest BCUT2D eigenvalue weighted by atomic mass is 16.5. The van der Waals surface area contributed by atoms with E-state index in [0.717, 1.165) is 51.4 Å². The van der Waals surface area contributed by atoms with E-state index in [-0.39, 0.29) is 18.5 Å². The van der Waals surface area contributed by atoms with Crippen molar-refractivity contribution >= 4 is 11.9 Å². The van der Waals surface area contributed by atoms with Crippen LogP contribution in [-0.2, 0) is 14.3 Å². The maximum atomic E-state index is 12.6. The van der Waals surface area contributed by atoms with Crippen molar-refractivity contribution in [3.8, 4) is 0 Å². The van der Waals surface area contributed by atoms with Crippen LogP contribution in [0.2, 0.25) is 0 Å². The maximum absolute atomic E-state index is 12.6. The molecule has 532 valence electrons. The molecular formula is C84H161NO5. The third-order valence-corrected chi connectivity index (χ3v) is 19.4. The van der Waals surface area contributed by atoms with Gasteiger partial charge in [0.05, 0.1) is 25.4 Å². The lowest BCUT2D eigenvalue weighted by Crippen LogP contribution is -2.45. The van der Waals surface area contributed by atoms with E-state index in [1.165, 1.54) is 379 Å². The Kier molecular flexibility index (Phi) is 77.8. The standard InChI is InChI=1S/C84H161NO5/c1-3-5-7-9-11-13-15-17-19-21-22-23-24-36-39-42-45-48-52-56-60-64-68-72-76-82(87)81(80-86)85-83(88)77-73-69-65-61-57-53-49-46-43-40-37-34-32-30-28-26-25-27-29-31-33-35-38-41-44-47-51-55-59-63-67-71-75-79-90-84(89)78-74-70-66-62-58-54-50-20-18-16-14-12-10-8-6-4-2/h20,29,31,35,38,50,81-82,86-87H,3-19,21-28,30,32-34,36-37,39-49,51-80H2,1-2H3,(H,85,88)/b31-29-,38-35-,50-20-. The Bertz CT molecular complexity index is 1460. The second kappa shape index (κ2) is 79.5. The summed E-state index contributed by atoms with van der Waals surface area (Å²) in [7, 11) is 0. The van der Waals surface area contributed by atoms with Crippen LogP contribution in [0.15, 0.2) is 36.5 Å². The summed E-state index contributed by atoms with van der Waals surface area (Å²) in [5, 5.41) is 23.5. The minimum Gasteiger partial charge on any atom is -0.466 e. The molecule has 0 fully saturated rings. The summed E-state index contributed by atoms with van der Waals surface area (Å²) in [6.07, 6.45) is 104. The zero-order chi connectivity index (χ0) is 64.9. The molecule has 0 aliphatic heterocycles. The van der Waals surface area contributed by atoms with Gasteiger partial charge in [-0.1, -0.05) is 403 Å². The second-order valence-corrected chi connectivity index (χ2v) is 28.5. The molecule has 0 rings (SSSR count). The molecule has 0 bridgehead atoms. The van der Waals surface area contributed by atoms with Gasteiger partial charge in [-0.15, -0.1) is 0 Å². The molecule has 6 nitrogen and oxygen atoms in total. The molecule has 0 saturated carbocycles. The van der Waals surface area contributed by atoms with Gasteiger partial charge in [-0.05, 0) is 83.5 Å². The first-order valence-electron chi connectivity index (χ1n) is 41.2. The summed E-state index contributed by atoms with van der Waals surface area (Å²) in [6, 6.07) is -0.542. The molecule has 0 aromatic carbocycles. The van der Waals surface area contributed by atoms with E-state index in [1.54, 1.807) is 0 Å². The lowest BCUT2D eigenvalue weighted by Gasteiger charge is -2.22. The Morgan fingerprint density at radius 1 is 0.311 bits per heavy atom. The molecule has 0 spiro atoms. The molecule has 2 atom stereocenters. The van der Waals surface area contributed by atoms with E-state index in [4.69, 9.17) is 4.74 Å². The van der Waals surface area contributed by atoms with E-state index in [2.05, 4.69) is 55.6 Å². The molecule has 2 unspecified atom stereocenters. The monoisotopic (exact) mass is 1260 g/mol. The van der Waals surface area contributed by atoms with Crippen LogP contribution in [-0.4, -0.2) is 47.4 Å². The van der Waals surface area contributed by atoms with Crippen LogP contribution in [0.25, 0.3) is 0 Å². The largest absolute Gasteiger partial charge is 0.466 e. The van der Waals surface area contributed by atoms with Crippen LogP contribution in [0.1, 0.15) is 463 Å². The summed E-state index contributed by atoms with van der Waals surface area (Å²) >= 11 is 0. The van der Waals surface area contributed by atoms with Crippen LogP contribution < -0.4 is 5.32 Å². The van der Waals surface area contributed by atoms with Crippen molar-refractivity contribution in [2.24, 2.45) is 0 Å². The Hall–Kier alpha value is -1.92.